The second-order valence-electron chi connectivity index (χ2n) is 3.58. The van der Waals surface area contributed by atoms with Crippen LogP contribution in [0.25, 0.3) is 0 Å². The molecule has 0 spiro atoms. The topological polar surface area (TPSA) is 83.4 Å². The van der Waals surface area contributed by atoms with Crippen molar-refractivity contribution in [2.45, 2.75) is 6.42 Å². The normalized spacial score (nSPS) is 19.8. The number of halogens is 2. The van der Waals surface area contributed by atoms with Crippen molar-refractivity contribution in [1.29, 1.82) is 0 Å². The van der Waals surface area contributed by atoms with Gasteiger partial charge in [0.15, 0.2) is 11.0 Å². The average molecular weight is 321 g/mol. The Morgan fingerprint density at radius 3 is 2.82 bits per heavy atom. The van der Waals surface area contributed by atoms with Gasteiger partial charge in [0.1, 0.15) is 0 Å². The lowest BCUT2D eigenvalue weighted by Gasteiger charge is -2.15. The van der Waals surface area contributed by atoms with Crippen LogP contribution >= 0.6 is 27.5 Å². The number of hydrogen-bond acceptors (Lipinski definition) is 4. The minimum absolute atomic E-state index is 0.0217. The van der Waals surface area contributed by atoms with E-state index in [0.717, 1.165) is 0 Å². The Hall–Kier alpha value is -1.21. The number of rotatable bonds is 2. The second kappa shape index (κ2) is 4.58. The fourth-order valence-electron chi connectivity index (χ4n) is 1.60. The van der Waals surface area contributed by atoms with E-state index in [4.69, 9.17) is 16.7 Å². The maximum atomic E-state index is 11.7. The van der Waals surface area contributed by atoms with Crippen molar-refractivity contribution in [2.24, 2.45) is 5.92 Å². The third-order valence-electron chi connectivity index (χ3n) is 2.43. The van der Waals surface area contributed by atoms with Gasteiger partial charge in [0, 0.05) is 13.0 Å². The predicted molar refractivity (Wildman–Crippen MR) is 62.8 cm³/mol. The molecule has 1 aromatic heterocycles. The molecule has 1 amide bonds. The second-order valence-corrected chi connectivity index (χ2v) is 4.82. The van der Waals surface area contributed by atoms with E-state index in [0.29, 0.717) is 10.3 Å². The van der Waals surface area contributed by atoms with Crippen molar-refractivity contribution < 1.29 is 14.7 Å². The number of carbonyl (C=O) groups is 2. The fourth-order valence-corrected chi connectivity index (χ4v) is 2.39. The summed E-state index contributed by atoms with van der Waals surface area (Å²) in [6.07, 6.45) is -0.0217. The standard InChI is InChI=1S/C9H7BrClN3O3/c10-5-2-6(11)12-13-8(5)14-3-4(9(16)17)1-7(14)15/h2,4H,1,3H2,(H,16,17). The van der Waals surface area contributed by atoms with Crippen LogP contribution < -0.4 is 4.90 Å². The lowest BCUT2D eigenvalue weighted by molar-refractivity contribution is -0.141. The summed E-state index contributed by atoms with van der Waals surface area (Å²) < 4.78 is 0.511. The molecule has 1 aliphatic heterocycles. The number of aromatic nitrogens is 2. The molecule has 1 saturated heterocycles. The van der Waals surface area contributed by atoms with Crippen molar-refractivity contribution >= 4 is 45.2 Å². The molecule has 0 radical (unpaired) electrons. The lowest BCUT2D eigenvalue weighted by atomic mass is 10.1. The summed E-state index contributed by atoms with van der Waals surface area (Å²) in [5.41, 5.74) is 0. The summed E-state index contributed by atoms with van der Waals surface area (Å²) in [6, 6.07) is 1.51. The smallest absolute Gasteiger partial charge is 0.308 e. The number of amides is 1. The molecule has 0 aromatic carbocycles. The van der Waals surface area contributed by atoms with Gasteiger partial charge in [0.05, 0.1) is 10.4 Å². The van der Waals surface area contributed by atoms with Gasteiger partial charge in [-0.1, -0.05) is 11.6 Å². The van der Waals surface area contributed by atoms with Crippen LogP contribution in [0.15, 0.2) is 10.5 Å². The maximum Gasteiger partial charge on any atom is 0.308 e. The number of carboxylic acids is 1. The van der Waals surface area contributed by atoms with E-state index in [2.05, 4.69) is 26.1 Å². The van der Waals surface area contributed by atoms with Gasteiger partial charge in [0.2, 0.25) is 5.91 Å². The number of carboxylic acid groups (broad SMARTS) is 1. The number of nitrogens with zero attached hydrogens (tertiary/aromatic N) is 3. The molecule has 1 aromatic rings. The van der Waals surface area contributed by atoms with Crippen molar-refractivity contribution in [1.82, 2.24) is 10.2 Å². The molecular weight excluding hydrogens is 313 g/mol. The molecule has 0 bridgehead atoms. The Bertz CT molecular complexity index is 496. The minimum atomic E-state index is -0.987. The molecule has 17 heavy (non-hydrogen) atoms. The third-order valence-corrected chi connectivity index (χ3v) is 3.20. The highest BCUT2D eigenvalue weighted by Crippen LogP contribution is 2.30. The average Bonchev–Trinajstić information content (AvgIpc) is 2.61. The van der Waals surface area contributed by atoms with Crippen LogP contribution in [0.5, 0.6) is 0 Å². The SMILES string of the molecule is O=C(O)C1CC(=O)N(c2nnc(Cl)cc2Br)C1. The molecule has 1 fully saturated rings. The van der Waals surface area contributed by atoms with Crippen LogP contribution in [-0.4, -0.2) is 33.7 Å². The lowest BCUT2D eigenvalue weighted by Crippen LogP contribution is -2.27. The molecule has 1 aliphatic rings. The highest BCUT2D eigenvalue weighted by Gasteiger charge is 2.36. The van der Waals surface area contributed by atoms with Gasteiger partial charge in [0.25, 0.3) is 0 Å². The first kappa shape index (κ1) is 12.3. The molecule has 1 N–H and O–H groups in total. The molecule has 8 heteroatoms. The number of hydrogen-bond donors (Lipinski definition) is 1. The monoisotopic (exact) mass is 319 g/mol. The van der Waals surface area contributed by atoms with E-state index in [1.165, 1.54) is 11.0 Å². The van der Waals surface area contributed by atoms with Crippen LogP contribution in [0.1, 0.15) is 6.42 Å². The molecule has 2 heterocycles. The van der Waals surface area contributed by atoms with Crippen LogP contribution in [-0.2, 0) is 9.59 Å². The fraction of sp³-hybridized carbons (Fsp3) is 0.333. The van der Waals surface area contributed by atoms with E-state index < -0.39 is 11.9 Å². The van der Waals surface area contributed by atoms with E-state index in [9.17, 15) is 9.59 Å². The molecular formula is C9H7BrClN3O3. The summed E-state index contributed by atoms with van der Waals surface area (Å²) in [4.78, 5) is 23.8. The zero-order chi connectivity index (χ0) is 12.6. The molecule has 1 atom stereocenters. The van der Waals surface area contributed by atoms with Crippen LogP contribution in [0.2, 0.25) is 5.15 Å². The summed E-state index contributed by atoms with van der Waals surface area (Å²) in [7, 11) is 0. The molecule has 90 valence electrons. The molecule has 6 nitrogen and oxygen atoms in total. The zero-order valence-electron chi connectivity index (χ0n) is 8.43. The summed E-state index contributed by atoms with van der Waals surface area (Å²) in [5, 5.41) is 16.5. The Morgan fingerprint density at radius 2 is 2.29 bits per heavy atom. The summed E-state index contributed by atoms with van der Waals surface area (Å²) >= 11 is 8.85. The van der Waals surface area contributed by atoms with Gasteiger partial charge in [-0.15, -0.1) is 10.2 Å². The Labute approximate surface area is 110 Å². The first-order valence-electron chi connectivity index (χ1n) is 4.71. The van der Waals surface area contributed by atoms with E-state index in [1.807, 2.05) is 0 Å². The van der Waals surface area contributed by atoms with E-state index in [1.54, 1.807) is 0 Å². The summed E-state index contributed by atoms with van der Waals surface area (Å²) in [5.74, 6) is -1.68. The molecule has 1 unspecified atom stereocenters. The van der Waals surface area contributed by atoms with Crippen LogP contribution in [0, 0.1) is 5.92 Å². The van der Waals surface area contributed by atoms with Crippen LogP contribution in [0.3, 0.4) is 0 Å². The zero-order valence-corrected chi connectivity index (χ0v) is 10.8. The molecule has 0 aliphatic carbocycles. The molecule has 2 rings (SSSR count). The number of anilines is 1. The van der Waals surface area contributed by atoms with Crippen molar-refractivity contribution in [3.8, 4) is 0 Å². The first-order valence-corrected chi connectivity index (χ1v) is 5.88. The Morgan fingerprint density at radius 1 is 1.59 bits per heavy atom. The van der Waals surface area contributed by atoms with Gasteiger partial charge in [-0.2, -0.15) is 0 Å². The van der Waals surface area contributed by atoms with E-state index in [-0.39, 0.29) is 24.0 Å². The quantitative estimate of drug-likeness (QED) is 0.889. The largest absolute Gasteiger partial charge is 0.481 e. The van der Waals surface area contributed by atoms with Gasteiger partial charge in [-0.05, 0) is 22.0 Å². The Kier molecular flexibility index (Phi) is 3.30. The first-order chi connectivity index (χ1) is 7.99. The summed E-state index contributed by atoms with van der Waals surface area (Å²) in [6.45, 7) is 0.100. The van der Waals surface area contributed by atoms with Crippen molar-refractivity contribution in [2.75, 3.05) is 11.4 Å². The minimum Gasteiger partial charge on any atom is -0.481 e. The third kappa shape index (κ3) is 2.39. The number of carbonyl (C=O) groups excluding carboxylic acids is 1. The van der Waals surface area contributed by atoms with Crippen molar-refractivity contribution in [3.05, 3.63) is 15.7 Å². The van der Waals surface area contributed by atoms with Gasteiger partial charge in [-0.25, -0.2) is 0 Å². The van der Waals surface area contributed by atoms with Gasteiger partial charge < -0.3 is 5.11 Å². The molecule has 0 saturated carbocycles. The highest BCUT2D eigenvalue weighted by molar-refractivity contribution is 9.10. The Balaban J connectivity index is 2.29. The maximum absolute atomic E-state index is 11.7. The van der Waals surface area contributed by atoms with Crippen LogP contribution in [0.4, 0.5) is 5.82 Å². The number of aliphatic carboxylic acids is 1. The van der Waals surface area contributed by atoms with Gasteiger partial charge in [-0.3, -0.25) is 14.5 Å². The van der Waals surface area contributed by atoms with Gasteiger partial charge >= 0.3 is 5.97 Å². The highest BCUT2D eigenvalue weighted by atomic mass is 79.9. The van der Waals surface area contributed by atoms with Crippen molar-refractivity contribution in [3.63, 3.8) is 0 Å². The predicted octanol–water partition coefficient (Wildman–Crippen LogP) is 1.33. The van der Waals surface area contributed by atoms with E-state index >= 15 is 0 Å².